The molecule has 0 N–H and O–H groups in total. The van der Waals surface area contributed by atoms with Crippen LogP contribution < -0.4 is 0 Å². The number of carbonyl (C=O) groups excluding carboxylic acids is 1. The smallest absolute Gasteiger partial charge is 0.339 e. The number of benzene rings is 1. The highest BCUT2D eigenvalue weighted by molar-refractivity contribution is 7.89. The molecule has 2 rings (SSSR count). The molecule has 8 heteroatoms. The van der Waals surface area contributed by atoms with E-state index >= 15 is 0 Å². The van der Waals surface area contributed by atoms with Gasteiger partial charge in [0, 0.05) is 13.1 Å². The lowest BCUT2D eigenvalue weighted by Crippen LogP contribution is -2.45. The van der Waals surface area contributed by atoms with Crippen molar-refractivity contribution in [3.63, 3.8) is 0 Å². The molecule has 1 aliphatic rings. The summed E-state index contributed by atoms with van der Waals surface area (Å²) in [6.07, 6.45) is 0.456. The molecule has 0 amide bonds. The Kier molecular flexibility index (Phi) is 5.15. The number of halogens is 1. The fraction of sp³-hybridized carbons (Fsp3) is 0.500. The molecule has 122 valence electrons. The Balaban J connectivity index is 2.44. The minimum absolute atomic E-state index is 0.163. The van der Waals surface area contributed by atoms with E-state index < -0.39 is 21.8 Å². The number of esters is 1. The minimum Gasteiger partial charge on any atom is -0.465 e. The van der Waals surface area contributed by atoms with Gasteiger partial charge < -0.3 is 9.47 Å². The van der Waals surface area contributed by atoms with E-state index in [1.165, 1.54) is 4.31 Å². The second kappa shape index (κ2) is 6.72. The summed E-state index contributed by atoms with van der Waals surface area (Å²) in [7, 11) is -2.86. The van der Waals surface area contributed by atoms with Gasteiger partial charge in [0.05, 0.1) is 30.3 Å². The molecule has 1 saturated heterocycles. The quantitative estimate of drug-likeness (QED) is 0.780. The predicted octanol–water partition coefficient (Wildman–Crippen LogP) is 1.41. The number of methoxy groups -OCH3 is 1. The summed E-state index contributed by atoms with van der Waals surface area (Å²) in [5.41, 5.74) is -0.177. The lowest BCUT2D eigenvalue weighted by molar-refractivity contribution is -0.00280. The minimum atomic E-state index is -4.00. The van der Waals surface area contributed by atoms with Gasteiger partial charge in [0.1, 0.15) is 5.82 Å². The number of rotatable bonds is 4. The standard InChI is InChI=1S/C14H18FNO5S/c1-3-11-9-16(6-7-21-11)22(18,19)13-8-10(15)4-5-12(13)14(17)20-2/h4-5,8,11H,3,6-7,9H2,1-2H3/t11-/m0/s1. The van der Waals surface area contributed by atoms with Crippen molar-refractivity contribution in [2.45, 2.75) is 24.3 Å². The van der Waals surface area contributed by atoms with Crippen molar-refractivity contribution in [2.75, 3.05) is 26.8 Å². The van der Waals surface area contributed by atoms with Crippen LogP contribution in [0.4, 0.5) is 4.39 Å². The zero-order valence-electron chi connectivity index (χ0n) is 12.4. The molecule has 0 bridgehead atoms. The third kappa shape index (κ3) is 3.29. The van der Waals surface area contributed by atoms with Crippen molar-refractivity contribution in [3.8, 4) is 0 Å². The maximum Gasteiger partial charge on any atom is 0.339 e. The molecule has 1 heterocycles. The number of nitrogens with zero attached hydrogens (tertiary/aromatic N) is 1. The Morgan fingerprint density at radius 2 is 2.23 bits per heavy atom. The second-order valence-electron chi connectivity index (χ2n) is 4.90. The van der Waals surface area contributed by atoms with E-state index in [2.05, 4.69) is 4.74 Å². The topological polar surface area (TPSA) is 72.9 Å². The summed E-state index contributed by atoms with van der Waals surface area (Å²) in [6, 6.07) is 2.99. The summed E-state index contributed by atoms with van der Waals surface area (Å²) in [6.45, 7) is 2.50. The third-order valence-electron chi connectivity index (χ3n) is 3.52. The highest BCUT2D eigenvalue weighted by Gasteiger charge is 2.33. The molecule has 6 nitrogen and oxygen atoms in total. The van der Waals surface area contributed by atoms with Gasteiger partial charge in [-0.3, -0.25) is 0 Å². The van der Waals surface area contributed by atoms with Gasteiger partial charge in [-0.1, -0.05) is 6.92 Å². The Morgan fingerprint density at radius 1 is 1.50 bits per heavy atom. The Labute approximate surface area is 128 Å². The SMILES string of the molecule is CC[C@H]1CN(S(=O)(=O)c2cc(F)ccc2C(=O)OC)CCO1. The van der Waals surface area contributed by atoms with Gasteiger partial charge in [-0.05, 0) is 24.6 Å². The normalized spacial score (nSPS) is 19.9. The zero-order valence-corrected chi connectivity index (χ0v) is 13.2. The number of sulfonamides is 1. The number of hydrogen-bond acceptors (Lipinski definition) is 5. The Bertz CT molecular complexity index is 661. The fourth-order valence-corrected chi connectivity index (χ4v) is 3.93. The lowest BCUT2D eigenvalue weighted by Gasteiger charge is -2.32. The van der Waals surface area contributed by atoms with Gasteiger partial charge >= 0.3 is 5.97 Å². The molecule has 1 aromatic carbocycles. The van der Waals surface area contributed by atoms with Crippen LogP contribution in [0.5, 0.6) is 0 Å². The molecule has 1 fully saturated rings. The van der Waals surface area contributed by atoms with Gasteiger partial charge in [-0.2, -0.15) is 4.31 Å². The predicted molar refractivity (Wildman–Crippen MR) is 76.5 cm³/mol. The number of morpholine rings is 1. The monoisotopic (exact) mass is 331 g/mol. The first kappa shape index (κ1) is 16.9. The van der Waals surface area contributed by atoms with E-state index in [1.54, 1.807) is 0 Å². The first-order chi connectivity index (χ1) is 10.4. The van der Waals surface area contributed by atoms with Gasteiger partial charge in [0.15, 0.2) is 0 Å². The third-order valence-corrected chi connectivity index (χ3v) is 5.43. The average Bonchev–Trinajstić information content (AvgIpc) is 2.54. The van der Waals surface area contributed by atoms with Crippen LogP contribution in [0.3, 0.4) is 0 Å². The maximum absolute atomic E-state index is 13.5. The highest BCUT2D eigenvalue weighted by Crippen LogP contribution is 2.24. The molecular weight excluding hydrogens is 313 g/mol. The second-order valence-corrected chi connectivity index (χ2v) is 6.80. The van der Waals surface area contributed by atoms with E-state index in [0.29, 0.717) is 6.42 Å². The molecule has 0 unspecified atom stereocenters. The fourth-order valence-electron chi connectivity index (χ4n) is 2.28. The van der Waals surface area contributed by atoms with E-state index in [-0.39, 0.29) is 36.3 Å². The van der Waals surface area contributed by atoms with Gasteiger partial charge in [0.2, 0.25) is 10.0 Å². The van der Waals surface area contributed by atoms with Gasteiger partial charge in [-0.25, -0.2) is 17.6 Å². The van der Waals surface area contributed by atoms with Crippen LogP contribution in [0.2, 0.25) is 0 Å². The van der Waals surface area contributed by atoms with Crippen LogP contribution in [0, 0.1) is 5.82 Å². The number of ether oxygens (including phenoxy) is 2. The van der Waals surface area contributed by atoms with Crippen molar-refractivity contribution in [1.82, 2.24) is 4.31 Å². The van der Waals surface area contributed by atoms with Crippen molar-refractivity contribution in [2.24, 2.45) is 0 Å². The van der Waals surface area contributed by atoms with Crippen LogP contribution >= 0.6 is 0 Å². The van der Waals surface area contributed by atoms with Crippen LogP contribution in [-0.2, 0) is 19.5 Å². The lowest BCUT2D eigenvalue weighted by atomic mass is 10.2. The summed E-state index contributed by atoms with van der Waals surface area (Å²) < 4.78 is 50.2. The molecule has 0 radical (unpaired) electrons. The maximum atomic E-state index is 13.5. The number of carbonyl (C=O) groups is 1. The van der Waals surface area contributed by atoms with Crippen molar-refractivity contribution >= 4 is 16.0 Å². The molecule has 0 saturated carbocycles. The van der Waals surface area contributed by atoms with Crippen LogP contribution in [0.1, 0.15) is 23.7 Å². The average molecular weight is 331 g/mol. The van der Waals surface area contributed by atoms with E-state index in [1.807, 2.05) is 6.92 Å². The summed E-state index contributed by atoms with van der Waals surface area (Å²) in [5, 5.41) is 0. The zero-order chi connectivity index (χ0) is 16.3. The van der Waals surface area contributed by atoms with Gasteiger partial charge in [0.25, 0.3) is 0 Å². The Hall–Kier alpha value is -1.51. The summed E-state index contributed by atoms with van der Waals surface area (Å²) in [5.74, 6) is -1.55. The van der Waals surface area contributed by atoms with E-state index in [4.69, 9.17) is 4.74 Å². The molecule has 0 aliphatic carbocycles. The molecule has 0 aromatic heterocycles. The van der Waals surface area contributed by atoms with Crippen LogP contribution in [0.15, 0.2) is 23.1 Å². The molecule has 0 spiro atoms. The number of hydrogen-bond donors (Lipinski definition) is 0. The largest absolute Gasteiger partial charge is 0.465 e. The first-order valence-electron chi connectivity index (χ1n) is 6.89. The highest BCUT2D eigenvalue weighted by atomic mass is 32.2. The molecular formula is C14H18FNO5S. The first-order valence-corrected chi connectivity index (χ1v) is 8.33. The van der Waals surface area contributed by atoms with Gasteiger partial charge in [-0.15, -0.1) is 0 Å². The van der Waals surface area contributed by atoms with Crippen molar-refractivity contribution in [1.29, 1.82) is 0 Å². The Morgan fingerprint density at radius 3 is 2.86 bits per heavy atom. The summed E-state index contributed by atoms with van der Waals surface area (Å²) in [4.78, 5) is 11.4. The van der Waals surface area contributed by atoms with Crippen molar-refractivity contribution in [3.05, 3.63) is 29.6 Å². The summed E-state index contributed by atoms with van der Waals surface area (Å²) >= 11 is 0. The molecule has 1 aromatic rings. The molecule has 1 atom stereocenters. The van der Waals surface area contributed by atoms with Crippen LogP contribution in [-0.4, -0.2) is 51.6 Å². The van der Waals surface area contributed by atoms with Crippen molar-refractivity contribution < 1.29 is 27.1 Å². The van der Waals surface area contributed by atoms with E-state index in [9.17, 15) is 17.6 Å². The molecule has 1 aliphatic heterocycles. The van der Waals surface area contributed by atoms with E-state index in [0.717, 1.165) is 25.3 Å². The molecule has 22 heavy (non-hydrogen) atoms. The van der Waals surface area contributed by atoms with Crippen LogP contribution in [0.25, 0.3) is 0 Å².